The molecule has 0 saturated carbocycles. The van der Waals surface area contributed by atoms with Gasteiger partial charge in [0.15, 0.2) is 5.78 Å². The maximum absolute atomic E-state index is 14.6. The van der Waals surface area contributed by atoms with Gasteiger partial charge in [-0.2, -0.15) is 0 Å². The van der Waals surface area contributed by atoms with Gasteiger partial charge in [-0.1, -0.05) is 54.6 Å². The van der Waals surface area contributed by atoms with Gasteiger partial charge in [0.05, 0.1) is 13.7 Å². The van der Waals surface area contributed by atoms with Gasteiger partial charge < -0.3 is 24.4 Å². The van der Waals surface area contributed by atoms with E-state index in [1.165, 1.54) is 7.11 Å². The lowest BCUT2D eigenvalue weighted by Crippen LogP contribution is -2.41. The van der Waals surface area contributed by atoms with E-state index in [0.717, 1.165) is 16.8 Å². The van der Waals surface area contributed by atoms with Gasteiger partial charge in [0.1, 0.15) is 23.8 Å². The molecule has 0 spiro atoms. The van der Waals surface area contributed by atoms with E-state index in [1.54, 1.807) is 84.9 Å². The summed E-state index contributed by atoms with van der Waals surface area (Å²) in [7, 11) is -2.88. The first-order valence-corrected chi connectivity index (χ1v) is 14.0. The van der Waals surface area contributed by atoms with Crippen molar-refractivity contribution >= 4 is 19.4 Å². The van der Waals surface area contributed by atoms with E-state index in [4.69, 9.17) is 13.8 Å². The molecule has 3 N–H and O–H groups in total. The minimum atomic E-state index is -4.31. The molecule has 41 heavy (non-hydrogen) atoms. The molecule has 13 heteroatoms. The minimum Gasteiger partial charge on any atom is -0.496 e. The van der Waals surface area contributed by atoms with Crippen LogP contribution in [0, 0.1) is 0 Å². The molecule has 212 valence electrons. The first-order valence-electron chi connectivity index (χ1n) is 12.3. The van der Waals surface area contributed by atoms with E-state index in [9.17, 15) is 23.7 Å². The second kappa shape index (κ2) is 13.3. The number of rotatable bonds is 12. The van der Waals surface area contributed by atoms with E-state index in [1.807, 2.05) is 4.98 Å². The summed E-state index contributed by atoms with van der Waals surface area (Å²) in [6.45, 7) is -0.967. The van der Waals surface area contributed by atoms with Crippen molar-refractivity contribution in [3.8, 4) is 17.2 Å². The van der Waals surface area contributed by atoms with Crippen LogP contribution in [0.15, 0.2) is 107 Å². The number of benzene rings is 3. The van der Waals surface area contributed by atoms with Crippen LogP contribution >= 0.6 is 7.60 Å². The smallest absolute Gasteiger partial charge is 0.457 e. The Labute approximate surface area is 234 Å². The number of H-pyrrole nitrogens is 1. The summed E-state index contributed by atoms with van der Waals surface area (Å²) in [5.74, 6) is -1.98. The van der Waals surface area contributed by atoms with Crippen molar-refractivity contribution in [1.82, 2.24) is 20.2 Å². The van der Waals surface area contributed by atoms with Crippen molar-refractivity contribution in [3.63, 3.8) is 0 Å². The van der Waals surface area contributed by atoms with E-state index in [0.29, 0.717) is 11.3 Å². The SMILES string of the molecule is COc1ccccc1[C@H](NC(=O)CNC(=O)Cn1ccc(=O)[nH]c1=O)P(=O)(Oc1ccccc1)Oc1ccccc1. The fraction of sp³-hybridized carbons (Fsp3) is 0.143. The summed E-state index contributed by atoms with van der Waals surface area (Å²) in [4.78, 5) is 50.7. The zero-order chi connectivity index (χ0) is 29.2. The lowest BCUT2D eigenvalue weighted by atomic mass is 10.2. The number of aromatic nitrogens is 2. The van der Waals surface area contributed by atoms with Crippen LogP contribution in [-0.2, 0) is 20.7 Å². The normalized spacial score (nSPS) is 11.6. The Hall–Kier alpha value is -5.09. The monoisotopic (exact) mass is 578 g/mol. The second-order valence-corrected chi connectivity index (χ2v) is 10.5. The molecule has 0 fully saturated rings. The number of nitrogens with zero attached hydrogens (tertiary/aromatic N) is 1. The van der Waals surface area contributed by atoms with Crippen LogP contribution in [0.2, 0.25) is 0 Å². The topological polar surface area (TPSA) is 158 Å². The summed E-state index contributed by atoms with van der Waals surface area (Å²) in [6, 6.07) is 24.4. The average Bonchev–Trinajstić information content (AvgIpc) is 2.97. The van der Waals surface area contributed by atoms with Crippen molar-refractivity contribution in [2.24, 2.45) is 0 Å². The Morgan fingerprint density at radius 1 is 0.854 bits per heavy atom. The largest absolute Gasteiger partial charge is 0.496 e. The minimum absolute atomic E-state index is 0.237. The van der Waals surface area contributed by atoms with Gasteiger partial charge in [0.25, 0.3) is 5.56 Å². The van der Waals surface area contributed by atoms with E-state index in [2.05, 4.69) is 10.6 Å². The standard InChI is InChI=1S/C28H27N4O8P/c1-38-23-15-9-8-14-22(23)27(30-25(34)18-29-26(35)19-32-17-16-24(33)31-28(32)36)41(37,39-20-10-4-2-5-11-20)40-21-12-6-3-7-13-21/h2-17,27H,18-19H2,1H3,(H,29,35)(H,30,34)(H,31,33,36)/t27-/m1/s1. The number of para-hydroxylation sites is 3. The number of carbonyl (C=O) groups excluding carboxylic acids is 2. The second-order valence-electron chi connectivity index (χ2n) is 8.58. The zero-order valence-corrected chi connectivity index (χ0v) is 22.8. The van der Waals surface area contributed by atoms with Crippen LogP contribution in [0.5, 0.6) is 17.2 Å². The molecule has 4 aromatic rings. The van der Waals surface area contributed by atoms with Crippen LogP contribution in [0.1, 0.15) is 11.3 Å². The van der Waals surface area contributed by atoms with Crippen molar-refractivity contribution in [1.29, 1.82) is 0 Å². The van der Waals surface area contributed by atoms with Crippen LogP contribution < -0.4 is 35.7 Å². The van der Waals surface area contributed by atoms with Gasteiger partial charge >= 0.3 is 13.3 Å². The Morgan fingerprint density at radius 2 is 1.44 bits per heavy atom. The van der Waals surface area contributed by atoms with Crippen molar-refractivity contribution in [2.45, 2.75) is 12.3 Å². The highest BCUT2D eigenvalue weighted by atomic mass is 31.2. The fourth-order valence-corrected chi connectivity index (χ4v) is 5.70. The van der Waals surface area contributed by atoms with E-state index >= 15 is 0 Å². The molecule has 0 radical (unpaired) electrons. The Kier molecular flexibility index (Phi) is 9.39. The summed E-state index contributed by atoms with van der Waals surface area (Å²) < 4.78 is 33.0. The first-order chi connectivity index (χ1) is 19.8. The number of hydrogen-bond donors (Lipinski definition) is 3. The molecule has 0 aliphatic carbocycles. The number of aromatic amines is 1. The van der Waals surface area contributed by atoms with E-state index < -0.39 is 49.5 Å². The molecular formula is C28H27N4O8P. The van der Waals surface area contributed by atoms with Crippen LogP contribution in [0.3, 0.4) is 0 Å². The van der Waals surface area contributed by atoms with Gasteiger partial charge in [-0.15, -0.1) is 0 Å². The number of carbonyl (C=O) groups is 2. The van der Waals surface area contributed by atoms with Crippen LogP contribution in [-0.4, -0.2) is 35.0 Å². The average molecular weight is 579 g/mol. The van der Waals surface area contributed by atoms with Gasteiger partial charge in [-0.3, -0.25) is 23.9 Å². The number of nitrogens with one attached hydrogen (secondary N) is 3. The molecule has 1 atom stereocenters. The molecular weight excluding hydrogens is 551 g/mol. The van der Waals surface area contributed by atoms with Crippen LogP contribution in [0.4, 0.5) is 0 Å². The Bertz CT molecular complexity index is 1610. The Morgan fingerprint density at radius 3 is 2.02 bits per heavy atom. The maximum atomic E-state index is 14.6. The molecule has 0 bridgehead atoms. The molecule has 0 unspecified atom stereocenters. The summed E-state index contributed by atoms with van der Waals surface area (Å²) in [5, 5.41) is 5.07. The highest BCUT2D eigenvalue weighted by Crippen LogP contribution is 2.60. The van der Waals surface area contributed by atoms with Crippen LogP contribution in [0.25, 0.3) is 0 Å². The molecule has 3 aromatic carbocycles. The number of amides is 2. The van der Waals surface area contributed by atoms with Crippen molar-refractivity contribution in [3.05, 3.63) is 124 Å². The number of ether oxygens (including phenoxy) is 1. The third-order valence-electron chi connectivity index (χ3n) is 5.66. The molecule has 0 saturated heterocycles. The molecule has 0 aliphatic rings. The third-order valence-corrected chi connectivity index (χ3v) is 7.63. The van der Waals surface area contributed by atoms with Gasteiger partial charge in [0.2, 0.25) is 11.8 Å². The summed E-state index contributed by atoms with van der Waals surface area (Å²) in [5.41, 5.74) is -1.07. The zero-order valence-electron chi connectivity index (χ0n) is 21.9. The quantitative estimate of drug-likeness (QED) is 0.217. The molecule has 4 rings (SSSR count). The maximum Gasteiger partial charge on any atom is 0.457 e. The van der Waals surface area contributed by atoms with Gasteiger partial charge in [0, 0.05) is 17.8 Å². The highest BCUT2D eigenvalue weighted by molar-refractivity contribution is 7.55. The van der Waals surface area contributed by atoms with Gasteiger partial charge in [-0.25, -0.2) is 9.36 Å². The van der Waals surface area contributed by atoms with Gasteiger partial charge in [-0.05, 0) is 30.3 Å². The first kappa shape index (κ1) is 28.9. The van der Waals surface area contributed by atoms with Crippen molar-refractivity contribution in [2.75, 3.05) is 13.7 Å². The number of hydrogen-bond acceptors (Lipinski definition) is 8. The highest BCUT2D eigenvalue weighted by Gasteiger charge is 2.43. The molecule has 2 amide bonds. The lowest BCUT2D eigenvalue weighted by molar-refractivity contribution is -0.126. The van der Waals surface area contributed by atoms with Crippen molar-refractivity contribution < 1.29 is 27.9 Å². The lowest BCUT2D eigenvalue weighted by Gasteiger charge is -2.29. The summed E-state index contributed by atoms with van der Waals surface area (Å²) in [6.07, 6.45) is 1.16. The third kappa shape index (κ3) is 7.74. The predicted molar refractivity (Wildman–Crippen MR) is 150 cm³/mol. The van der Waals surface area contributed by atoms with E-state index in [-0.39, 0.29) is 11.5 Å². The fourth-order valence-electron chi connectivity index (χ4n) is 3.76. The predicted octanol–water partition coefficient (Wildman–Crippen LogP) is 2.83. The molecule has 1 aromatic heterocycles. The molecule has 0 aliphatic heterocycles. The molecule has 1 heterocycles. The Balaban J connectivity index is 1.62. The number of methoxy groups -OCH3 is 1. The molecule has 12 nitrogen and oxygen atoms in total. The summed E-state index contributed by atoms with van der Waals surface area (Å²) >= 11 is 0.